The highest BCUT2D eigenvalue weighted by atomic mass is 35.5. The van der Waals surface area contributed by atoms with Gasteiger partial charge in [-0.2, -0.15) is 13.2 Å². The summed E-state index contributed by atoms with van der Waals surface area (Å²) in [5.74, 6) is 0. The van der Waals surface area contributed by atoms with E-state index in [1.807, 2.05) is 0 Å². The lowest BCUT2D eigenvalue weighted by Crippen LogP contribution is -2.38. The number of nitrogens with one attached hydrogen (secondary N) is 1. The monoisotopic (exact) mass is 352 g/mol. The van der Waals surface area contributed by atoms with E-state index < -0.39 is 32.7 Å². The van der Waals surface area contributed by atoms with Crippen LogP contribution in [0.25, 0.3) is 0 Å². The number of sulfonamides is 1. The van der Waals surface area contributed by atoms with Gasteiger partial charge in [-0.05, 0) is 25.1 Å². The van der Waals surface area contributed by atoms with Crippen LogP contribution in [0.15, 0.2) is 23.1 Å². The smallest absolute Gasteiger partial charge is 0.329 e. The predicted octanol–water partition coefficient (Wildman–Crippen LogP) is 2.41. The molecule has 0 amide bonds. The van der Waals surface area contributed by atoms with Crippen LogP contribution in [0.5, 0.6) is 0 Å². The maximum Gasteiger partial charge on any atom is 0.417 e. The Morgan fingerprint density at radius 3 is 2.40 bits per heavy atom. The molecule has 0 saturated carbocycles. The van der Waals surface area contributed by atoms with Gasteiger partial charge < -0.3 is 5.73 Å². The first-order chi connectivity index (χ1) is 8.58. The first kappa shape index (κ1) is 19.5. The Morgan fingerprint density at radius 1 is 1.40 bits per heavy atom. The Bertz CT molecular complexity index is 564. The van der Waals surface area contributed by atoms with Gasteiger partial charge in [-0.3, -0.25) is 0 Å². The fourth-order valence-corrected chi connectivity index (χ4v) is 2.97. The second-order valence-electron chi connectivity index (χ2n) is 3.90. The number of benzene rings is 1. The molecule has 1 aromatic rings. The Kier molecular flexibility index (Phi) is 6.76. The molecule has 1 atom stereocenters. The van der Waals surface area contributed by atoms with Gasteiger partial charge in [0.05, 0.1) is 10.5 Å². The van der Waals surface area contributed by atoms with Crippen LogP contribution in [0.1, 0.15) is 12.5 Å². The van der Waals surface area contributed by atoms with Gasteiger partial charge in [-0.1, -0.05) is 11.6 Å². The number of rotatable bonds is 4. The van der Waals surface area contributed by atoms with Crippen molar-refractivity contribution < 1.29 is 21.6 Å². The Balaban J connectivity index is 0.00000361. The van der Waals surface area contributed by atoms with E-state index in [1.165, 1.54) is 6.92 Å². The van der Waals surface area contributed by atoms with E-state index in [2.05, 4.69) is 4.72 Å². The summed E-state index contributed by atoms with van der Waals surface area (Å²) in [6.07, 6.45) is -4.82. The molecule has 1 rings (SSSR count). The summed E-state index contributed by atoms with van der Waals surface area (Å²) in [5, 5.41) is -0.196. The van der Waals surface area contributed by atoms with Crippen LogP contribution in [-0.2, 0) is 16.2 Å². The van der Waals surface area contributed by atoms with E-state index in [-0.39, 0.29) is 24.0 Å². The van der Waals surface area contributed by atoms with Crippen LogP contribution in [0, 0.1) is 0 Å². The summed E-state index contributed by atoms with van der Waals surface area (Å²) in [6.45, 7) is 1.41. The van der Waals surface area contributed by atoms with Gasteiger partial charge in [0.15, 0.2) is 0 Å². The SMILES string of the molecule is C[C@@H](CN)NS(=O)(=O)c1ccc(Cl)cc1C(F)(F)F.Cl. The van der Waals surface area contributed by atoms with Crippen molar-refractivity contribution >= 4 is 34.0 Å². The number of halogens is 5. The highest BCUT2D eigenvalue weighted by Gasteiger charge is 2.37. The third-order valence-electron chi connectivity index (χ3n) is 2.25. The largest absolute Gasteiger partial charge is 0.417 e. The minimum absolute atomic E-state index is 0. The predicted molar refractivity (Wildman–Crippen MR) is 72.5 cm³/mol. The molecule has 0 aromatic heterocycles. The topological polar surface area (TPSA) is 72.2 Å². The van der Waals surface area contributed by atoms with Crippen LogP contribution in [-0.4, -0.2) is 21.0 Å². The highest BCUT2D eigenvalue weighted by Crippen LogP contribution is 2.35. The summed E-state index contributed by atoms with van der Waals surface area (Å²) >= 11 is 5.47. The van der Waals surface area contributed by atoms with Gasteiger partial charge in [0.1, 0.15) is 0 Å². The van der Waals surface area contributed by atoms with E-state index in [4.69, 9.17) is 17.3 Å². The summed E-state index contributed by atoms with van der Waals surface area (Å²) < 4.78 is 64.2. The first-order valence-electron chi connectivity index (χ1n) is 5.17. The van der Waals surface area contributed by atoms with Gasteiger partial charge in [0.25, 0.3) is 0 Å². The van der Waals surface area contributed by atoms with Crippen LogP contribution in [0.4, 0.5) is 13.2 Å². The van der Waals surface area contributed by atoms with Crippen LogP contribution in [0.3, 0.4) is 0 Å². The molecule has 116 valence electrons. The highest BCUT2D eigenvalue weighted by molar-refractivity contribution is 7.89. The molecule has 4 nitrogen and oxygen atoms in total. The molecule has 0 aliphatic heterocycles. The van der Waals surface area contributed by atoms with Gasteiger partial charge >= 0.3 is 6.18 Å². The van der Waals surface area contributed by atoms with Crippen molar-refractivity contribution in [3.8, 4) is 0 Å². The summed E-state index contributed by atoms with van der Waals surface area (Å²) in [4.78, 5) is -0.871. The number of hydrogen-bond acceptors (Lipinski definition) is 3. The molecule has 0 radical (unpaired) electrons. The molecule has 0 heterocycles. The number of hydrogen-bond donors (Lipinski definition) is 2. The van der Waals surface area contributed by atoms with E-state index in [1.54, 1.807) is 0 Å². The van der Waals surface area contributed by atoms with Gasteiger partial charge in [-0.15, -0.1) is 12.4 Å². The van der Waals surface area contributed by atoms with E-state index in [0.717, 1.165) is 12.1 Å². The molecule has 0 bridgehead atoms. The molecule has 1 aromatic carbocycles. The van der Waals surface area contributed by atoms with Crippen LogP contribution >= 0.6 is 24.0 Å². The summed E-state index contributed by atoms with van der Waals surface area (Å²) in [6, 6.07) is 1.79. The average molecular weight is 353 g/mol. The maximum atomic E-state index is 12.8. The third kappa shape index (κ3) is 4.78. The molecule has 10 heteroatoms. The molecular formula is C10H13Cl2F3N2O2S. The Labute approximate surface area is 125 Å². The number of nitrogens with two attached hydrogens (primary N) is 1. The van der Waals surface area contributed by atoms with Gasteiger partial charge in [0, 0.05) is 17.6 Å². The van der Waals surface area contributed by atoms with Crippen molar-refractivity contribution in [2.75, 3.05) is 6.54 Å². The molecule has 0 aliphatic carbocycles. The molecule has 0 spiro atoms. The Morgan fingerprint density at radius 2 is 1.95 bits per heavy atom. The van der Waals surface area contributed by atoms with Crippen molar-refractivity contribution in [2.45, 2.75) is 24.0 Å². The van der Waals surface area contributed by atoms with Crippen molar-refractivity contribution in [1.29, 1.82) is 0 Å². The molecule has 0 saturated heterocycles. The van der Waals surface area contributed by atoms with Crippen molar-refractivity contribution in [3.05, 3.63) is 28.8 Å². The fraction of sp³-hybridized carbons (Fsp3) is 0.400. The summed E-state index contributed by atoms with van der Waals surface area (Å²) in [7, 11) is -4.31. The zero-order valence-corrected chi connectivity index (χ0v) is 12.6. The quantitative estimate of drug-likeness (QED) is 0.873. The molecule has 3 N–H and O–H groups in total. The lowest BCUT2D eigenvalue weighted by atomic mass is 10.2. The lowest BCUT2D eigenvalue weighted by molar-refractivity contribution is -0.139. The standard InChI is InChI=1S/C10H12ClF3N2O2S.ClH/c1-6(5-15)16-19(17,18)9-3-2-7(11)4-8(9)10(12,13)14;/h2-4,6,16H,5,15H2,1H3;1H/t6-;/m0./s1. The normalized spacial score (nSPS) is 13.7. The van der Waals surface area contributed by atoms with Crippen molar-refractivity contribution in [3.63, 3.8) is 0 Å². The number of alkyl halides is 3. The lowest BCUT2D eigenvalue weighted by Gasteiger charge is -2.16. The second kappa shape index (κ2) is 6.95. The van der Waals surface area contributed by atoms with Crippen LogP contribution < -0.4 is 10.5 Å². The third-order valence-corrected chi connectivity index (χ3v) is 4.13. The van der Waals surface area contributed by atoms with E-state index in [0.29, 0.717) is 6.07 Å². The van der Waals surface area contributed by atoms with E-state index >= 15 is 0 Å². The first-order valence-corrected chi connectivity index (χ1v) is 7.03. The van der Waals surface area contributed by atoms with Crippen molar-refractivity contribution in [1.82, 2.24) is 4.72 Å². The maximum absolute atomic E-state index is 12.8. The van der Waals surface area contributed by atoms with Crippen molar-refractivity contribution in [2.24, 2.45) is 5.73 Å². The molecular weight excluding hydrogens is 340 g/mol. The molecule has 0 aliphatic rings. The molecule has 20 heavy (non-hydrogen) atoms. The summed E-state index contributed by atoms with van der Waals surface area (Å²) in [5.41, 5.74) is 3.93. The Hall–Kier alpha value is -0.540. The average Bonchev–Trinajstić information content (AvgIpc) is 2.26. The van der Waals surface area contributed by atoms with Gasteiger partial charge in [0.2, 0.25) is 10.0 Å². The molecule has 0 fully saturated rings. The van der Waals surface area contributed by atoms with Gasteiger partial charge in [-0.25, -0.2) is 13.1 Å². The minimum atomic E-state index is -4.82. The van der Waals surface area contributed by atoms with Crippen LogP contribution in [0.2, 0.25) is 5.02 Å². The van der Waals surface area contributed by atoms with E-state index in [9.17, 15) is 21.6 Å². The fourth-order valence-electron chi connectivity index (χ4n) is 1.33. The molecule has 0 unspecified atom stereocenters. The zero-order valence-electron chi connectivity index (χ0n) is 10.2. The second-order valence-corrected chi connectivity index (χ2v) is 6.02. The zero-order chi connectivity index (χ0) is 14.8. The minimum Gasteiger partial charge on any atom is -0.329 e.